The van der Waals surface area contributed by atoms with Crippen LogP contribution in [0.4, 0.5) is 20.7 Å². The van der Waals surface area contributed by atoms with Crippen molar-refractivity contribution in [1.29, 1.82) is 5.26 Å². The lowest BCUT2D eigenvalue weighted by Crippen LogP contribution is -2.49. The number of carbonyl (C=O) groups is 1. The van der Waals surface area contributed by atoms with Gasteiger partial charge >= 0.3 is 6.09 Å². The summed E-state index contributed by atoms with van der Waals surface area (Å²) in [7, 11) is 0. The van der Waals surface area contributed by atoms with E-state index in [0.717, 1.165) is 0 Å². The van der Waals surface area contributed by atoms with Gasteiger partial charge < -0.3 is 19.9 Å². The number of fused-ring (bicyclic) bond motifs is 1. The van der Waals surface area contributed by atoms with E-state index in [4.69, 9.17) is 4.74 Å². The lowest BCUT2D eigenvalue weighted by molar-refractivity contribution is 0.0110. The van der Waals surface area contributed by atoms with E-state index in [1.807, 2.05) is 20.8 Å². The highest BCUT2D eigenvalue weighted by Gasteiger charge is 2.41. The minimum absolute atomic E-state index is 0.141. The predicted molar refractivity (Wildman–Crippen MR) is 123 cm³/mol. The zero-order chi connectivity index (χ0) is 24.5. The quantitative estimate of drug-likeness (QED) is 0.561. The van der Waals surface area contributed by atoms with Gasteiger partial charge in [-0.25, -0.2) is 9.78 Å². The molecule has 0 unspecified atom stereocenters. The lowest BCUT2D eigenvalue weighted by Gasteiger charge is -2.41. The number of amides is 1. The van der Waals surface area contributed by atoms with Crippen LogP contribution in [0.1, 0.15) is 40.0 Å². The van der Waals surface area contributed by atoms with Crippen LogP contribution >= 0.6 is 0 Å². The maximum atomic E-state index is 13.6. The van der Waals surface area contributed by atoms with Crippen LogP contribution in [0.3, 0.4) is 0 Å². The van der Waals surface area contributed by atoms with Gasteiger partial charge in [-0.3, -0.25) is 9.48 Å². The summed E-state index contributed by atoms with van der Waals surface area (Å²) in [6, 6.07) is 6.73. The van der Waals surface area contributed by atoms with E-state index >= 15 is 0 Å². The zero-order valence-electron chi connectivity index (χ0n) is 19.3. The van der Waals surface area contributed by atoms with Crippen molar-refractivity contribution in [1.82, 2.24) is 24.6 Å². The van der Waals surface area contributed by atoms with Crippen molar-refractivity contribution in [3.63, 3.8) is 0 Å². The summed E-state index contributed by atoms with van der Waals surface area (Å²) in [5, 5.41) is 17.6. The molecular weight excluding hydrogens is 441 g/mol. The predicted octanol–water partition coefficient (Wildman–Crippen LogP) is 3.64. The molecule has 3 aromatic rings. The number of aromatic amines is 1. The fourth-order valence-corrected chi connectivity index (χ4v) is 4.19. The molecule has 34 heavy (non-hydrogen) atoms. The Kier molecular flexibility index (Phi) is 6.00. The van der Waals surface area contributed by atoms with Gasteiger partial charge in [0.15, 0.2) is 5.82 Å². The number of pyridine rings is 2. The Bertz CT molecular complexity index is 1310. The molecule has 4 heterocycles. The molecule has 0 aliphatic carbocycles. The number of anilines is 2. The minimum Gasteiger partial charge on any atom is -0.444 e. The molecule has 3 aromatic heterocycles. The normalized spacial score (nSPS) is 15.7. The smallest absolute Gasteiger partial charge is 0.410 e. The number of hydrogen-bond donors (Lipinski definition) is 2. The number of nitriles is 1. The summed E-state index contributed by atoms with van der Waals surface area (Å²) in [5.74, 6) is -0.424. The second-order valence-corrected chi connectivity index (χ2v) is 9.35. The molecule has 10 nitrogen and oxygen atoms in total. The standard InChI is InChI=1S/C23H26FN7O3/c1-22(2,3)34-21(33)30-12-7-23(6-9-25,8-13-30)31-16-5-11-27-20(32)18(16)19(29-31)28-15-4-10-26-17(24)14-15/h4-5,10-11,14H,6-8,12-13H2,1-3H3,(H,27,32)(H,26,28,29). The molecule has 11 heteroatoms. The Labute approximate surface area is 195 Å². The minimum atomic E-state index is -0.733. The van der Waals surface area contributed by atoms with Crippen molar-refractivity contribution >= 4 is 28.5 Å². The van der Waals surface area contributed by atoms with Crippen molar-refractivity contribution in [2.24, 2.45) is 0 Å². The second-order valence-electron chi connectivity index (χ2n) is 9.35. The van der Waals surface area contributed by atoms with Crippen molar-refractivity contribution in [2.45, 2.75) is 51.2 Å². The Morgan fingerprint density at radius 1 is 1.35 bits per heavy atom. The fraction of sp³-hybridized carbons (Fsp3) is 0.435. The largest absolute Gasteiger partial charge is 0.444 e. The Balaban J connectivity index is 1.71. The third-order valence-corrected chi connectivity index (χ3v) is 5.80. The van der Waals surface area contributed by atoms with Crippen molar-refractivity contribution in [3.05, 3.63) is 46.9 Å². The molecule has 4 rings (SSSR count). The van der Waals surface area contributed by atoms with Crippen LogP contribution in [0.2, 0.25) is 0 Å². The van der Waals surface area contributed by atoms with Gasteiger partial charge in [0.05, 0.1) is 23.5 Å². The van der Waals surface area contributed by atoms with Gasteiger partial charge in [0, 0.05) is 37.2 Å². The number of ether oxygens (including phenoxy) is 1. The van der Waals surface area contributed by atoms with Crippen LogP contribution < -0.4 is 10.9 Å². The van der Waals surface area contributed by atoms with Crippen LogP contribution in [0, 0.1) is 17.3 Å². The van der Waals surface area contributed by atoms with Crippen LogP contribution in [-0.4, -0.2) is 49.4 Å². The average Bonchev–Trinajstić information content (AvgIpc) is 3.13. The number of carbonyl (C=O) groups excluding carboxylic acids is 1. The average molecular weight is 468 g/mol. The van der Waals surface area contributed by atoms with Gasteiger partial charge in [0.2, 0.25) is 5.95 Å². The highest BCUT2D eigenvalue weighted by atomic mass is 19.1. The number of aromatic nitrogens is 4. The number of nitrogens with zero attached hydrogens (tertiary/aromatic N) is 5. The van der Waals surface area contributed by atoms with E-state index in [1.54, 1.807) is 21.7 Å². The van der Waals surface area contributed by atoms with E-state index in [2.05, 4.69) is 26.5 Å². The van der Waals surface area contributed by atoms with E-state index in [-0.39, 0.29) is 17.8 Å². The van der Waals surface area contributed by atoms with Gasteiger partial charge in [0.25, 0.3) is 5.56 Å². The first-order valence-electron chi connectivity index (χ1n) is 11.0. The Hall–Kier alpha value is -3.94. The molecular formula is C23H26FN7O3. The first kappa shape index (κ1) is 23.2. The number of rotatable bonds is 4. The fourth-order valence-electron chi connectivity index (χ4n) is 4.19. The lowest BCUT2D eigenvalue weighted by atomic mass is 9.85. The molecule has 1 fully saturated rings. The molecule has 1 amide bonds. The van der Waals surface area contributed by atoms with Gasteiger partial charge in [0.1, 0.15) is 11.0 Å². The maximum Gasteiger partial charge on any atom is 0.410 e. The molecule has 1 aliphatic rings. The number of nitrogens with one attached hydrogen (secondary N) is 2. The monoisotopic (exact) mass is 467 g/mol. The molecule has 0 radical (unpaired) electrons. The summed E-state index contributed by atoms with van der Waals surface area (Å²) in [6.45, 7) is 6.18. The molecule has 2 N–H and O–H groups in total. The topological polar surface area (TPSA) is 129 Å². The number of H-pyrrole nitrogens is 1. The van der Waals surface area contributed by atoms with E-state index < -0.39 is 23.2 Å². The van der Waals surface area contributed by atoms with Crippen LogP contribution in [-0.2, 0) is 10.3 Å². The number of piperidine rings is 1. The highest BCUT2D eigenvalue weighted by Crippen LogP contribution is 2.37. The van der Waals surface area contributed by atoms with Gasteiger partial charge in [-0.1, -0.05) is 0 Å². The molecule has 0 atom stereocenters. The second kappa shape index (κ2) is 8.78. The number of halogens is 1. The Morgan fingerprint density at radius 2 is 2.09 bits per heavy atom. The zero-order valence-corrected chi connectivity index (χ0v) is 19.3. The summed E-state index contributed by atoms with van der Waals surface area (Å²) < 4.78 is 20.8. The molecule has 1 aliphatic heterocycles. The first-order valence-corrected chi connectivity index (χ1v) is 11.0. The summed E-state index contributed by atoms with van der Waals surface area (Å²) >= 11 is 0. The Morgan fingerprint density at radius 3 is 2.74 bits per heavy atom. The van der Waals surface area contributed by atoms with Gasteiger partial charge in [-0.15, -0.1) is 0 Å². The summed E-state index contributed by atoms with van der Waals surface area (Å²) in [4.78, 5) is 33.1. The van der Waals surface area contributed by atoms with E-state index in [1.165, 1.54) is 18.5 Å². The van der Waals surface area contributed by atoms with E-state index in [0.29, 0.717) is 42.5 Å². The molecule has 0 aromatic carbocycles. The number of likely N-dealkylation sites (tertiary alicyclic amines) is 1. The number of hydrogen-bond acceptors (Lipinski definition) is 7. The third kappa shape index (κ3) is 4.57. The van der Waals surface area contributed by atoms with Crippen LogP contribution in [0.15, 0.2) is 35.4 Å². The van der Waals surface area contributed by atoms with Crippen LogP contribution in [0.25, 0.3) is 10.9 Å². The van der Waals surface area contributed by atoms with Crippen molar-refractivity contribution in [2.75, 3.05) is 18.4 Å². The van der Waals surface area contributed by atoms with E-state index in [9.17, 15) is 19.2 Å². The van der Waals surface area contributed by atoms with Crippen LogP contribution in [0.5, 0.6) is 0 Å². The van der Waals surface area contributed by atoms with Gasteiger partial charge in [-0.05, 0) is 45.7 Å². The SMILES string of the molecule is CC(C)(C)OC(=O)N1CCC(CC#N)(n2nc(Nc3ccnc(F)c3)c3c(=O)[nH]ccc32)CC1. The molecule has 1 saturated heterocycles. The van der Waals surface area contributed by atoms with Gasteiger partial charge in [-0.2, -0.15) is 14.8 Å². The first-order chi connectivity index (χ1) is 16.1. The molecule has 0 spiro atoms. The van der Waals surface area contributed by atoms with Crippen molar-refractivity contribution < 1.29 is 13.9 Å². The third-order valence-electron chi connectivity index (χ3n) is 5.80. The maximum absolute atomic E-state index is 13.6. The summed E-state index contributed by atoms with van der Waals surface area (Å²) in [5.41, 5.74) is -0.773. The highest BCUT2D eigenvalue weighted by molar-refractivity contribution is 5.91. The molecule has 0 bridgehead atoms. The summed E-state index contributed by atoms with van der Waals surface area (Å²) in [6.07, 6.45) is 3.47. The molecule has 0 saturated carbocycles. The molecule has 178 valence electrons. The van der Waals surface area contributed by atoms with Crippen molar-refractivity contribution in [3.8, 4) is 6.07 Å².